The monoisotopic (exact) mass is 399 g/mol. The minimum atomic E-state index is -0.471. The van der Waals surface area contributed by atoms with E-state index in [0.717, 1.165) is 30.4 Å². The lowest BCUT2D eigenvalue weighted by Crippen LogP contribution is -2.49. The molecule has 0 unspecified atom stereocenters. The molecule has 3 rings (SSSR count). The van der Waals surface area contributed by atoms with Gasteiger partial charge in [-0.3, -0.25) is 4.79 Å². The predicted molar refractivity (Wildman–Crippen MR) is 113 cm³/mol. The molecule has 1 saturated carbocycles. The van der Waals surface area contributed by atoms with Gasteiger partial charge in [0.05, 0.1) is 5.41 Å². The van der Waals surface area contributed by atoms with Crippen LogP contribution in [0.2, 0.25) is 5.02 Å². The van der Waals surface area contributed by atoms with Crippen LogP contribution in [-0.4, -0.2) is 18.0 Å². The molecule has 1 aliphatic carbocycles. The molecular formula is C22H26ClN3O2. The van der Waals surface area contributed by atoms with Crippen molar-refractivity contribution in [2.75, 3.05) is 5.32 Å². The van der Waals surface area contributed by atoms with Gasteiger partial charge >= 0.3 is 6.03 Å². The normalized spacial score (nSPS) is 14.9. The fraction of sp³-hybridized carbons (Fsp3) is 0.364. The van der Waals surface area contributed by atoms with Crippen molar-refractivity contribution in [3.05, 3.63) is 64.7 Å². The van der Waals surface area contributed by atoms with E-state index < -0.39 is 5.41 Å². The third kappa shape index (κ3) is 4.65. The van der Waals surface area contributed by atoms with Crippen LogP contribution in [0, 0.1) is 0 Å². The Kier molecular flexibility index (Phi) is 6.25. The minimum Gasteiger partial charge on any atom is -0.351 e. The summed E-state index contributed by atoms with van der Waals surface area (Å²) >= 11 is 6.12. The van der Waals surface area contributed by atoms with Crippen molar-refractivity contribution in [3.8, 4) is 0 Å². The average Bonchev–Trinajstić information content (AvgIpc) is 2.59. The van der Waals surface area contributed by atoms with E-state index in [1.807, 2.05) is 62.4 Å². The predicted octanol–water partition coefficient (Wildman–Crippen LogP) is 4.61. The quantitative estimate of drug-likeness (QED) is 0.663. The maximum Gasteiger partial charge on any atom is 0.319 e. The molecule has 6 heteroatoms. The minimum absolute atomic E-state index is 0.0412. The van der Waals surface area contributed by atoms with Crippen LogP contribution in [0.1, 0.15) is 44.2 Å². The molecule has 1 aliphatic rings. The number of nitrogens with one attached hydrogen (secondary N) is 3. The number of amides is 3. The number of urea groups is 1. The summed E-state index contributed by atoms with van der Waals surface area (Å²) in [6.07, 6.45) is 2.72. The van der Waals surface area contributed by atoms with Crippen molar-refractivity contribution in [2.45, 2.75) is 51.1 Å². The van der Waals surface area contributed by atoms with Gasteiger partial charge in [-0.15, -0.1) is 0 Å². The van der Waals surface area contributed by atoms with E-state index in [9.17, 15) is 9.59 Å². The van der Waals surface area contributed by atoms with Crippen molar-refractivity contribution in [1.82, 2.24) is 10.6 Å². The van der Waals surface area contributed by atoms with Gasteiger partial charge in [-0.25, -0.2) is 4.79 Å². The zero-order valence-electron chi connectivity index (χ0n) is 16.2. The van der Waals surface area contributed by atoms with Crippen LogP contribution in [0.25, 0.3) is 0 Å². The lowest BCUT2D eigenvalue weighted by molar-refractivity contribution is -0.130. The molecule has 0 heterocycles. The van der Waals surface area contributed by atoms with Gasteiger partial charge in [0.1, 0.15) is 0 Å². The standard InChI is InChI=1S/C22H26ClN3O2/c1-15(2)25-21(28)26-19-9-7-16(8-10-19)14-24-20(27)22(11-4-12-22)17-5-3-6-18(23)13-17/h3,5-10,13,15H,4,11-12,14H2,1-2H3,(H,24,27)(H2,25,26,28). The topological polar surface area (TPSA) is 70.2 Å². The zero-order chi connectivity index (χ0) is 20.1. The van der Waals surface area contributed by atoms with Gasteiger partial charge in [-0.2, -0.15) is 0 Å². The van der Waals surface area contributed by atoms with Gasteiger partial charge in [-0.1, -0.05) is 42.3 Å². The van der Waals surface area contributed by atoms with Crippen LogP contribution in [-0.2, 0) is 16.8 Å². The average molecular weight is 400 g/mol. The lowest BCUT2D eigenvalue weighted by atomic mass is 9.64. The van der Waals surface area contributed by atoms with Crippen molar-refractivity contribution in [3.63, 3.8) is 0 Å². The van der Waals surface area contributed by atoms with Crippen LogP contribution >= 0.6 is 11.6 Å². The third-order valence-electron chi connectivity index (χ3n) is 5.10. The smallest absolute Gasteiger partial charge is 0.319 e. The molecule has 28 heavy (non-hydrogen) atoms. The van der Waals surface area contributed by atoms with Gasteiger partial charge in [0.2, 0.25) is 5.91 Å². The van der Waals surface area contributed by atoms with E-state index in [-0.39, 0.29) is 18.0 Å². The Morgan fingerprint density at radius 2 is 1.82 bits per heavy atom. The van der Waals surface area contributed by atoms with Crippen LogP contribution in [0.15, 0.2) is 48.5 Å². The number of halogens is 1. The van der Waals surface area contributed by atoms with Gasteiger partial charge in [0, 0.05) is 23.3 Å². The molecule has 3 amide bonds. The van der Waals surface area contributed by atoms with Crippen molar-refractivity contribution >= 4 is 29.2 Å². The van der Waals surface area contributed by atoms with Gasteiger partial charge in [0.25, 0.3) is 0 Å². The highest BCUT2D eigenvalue weighted by molar-refractivity contribution is 6.30. The fourth-order valence-corrected chi connectivity index (χ4v) is 3.64. The first-order valence-electron chi connectivity index (χ1n) is 9.60. The Hall–Kier alpha value is -2.53. The molecule has 0 saturated heterocycles. The lowest BCUT2D eigenvalue weighted by Gasteiger charge is -2.40. The first kappa shape index (κ1) is 20.2. The summed E-state index contributed by atoms with van der Waals surface area (Å²) in [7, 11) is 0. The van der Waals surface area contributed by atoms with Gasteiger partial charge < -0.3 is 16.0 Å². The second-order valence-electron chi connectivity index (χ2n) is 7.58. The molecule has 0 spiro atoms. The summed E-state index contributed by atoms with van der Waals surface area (Å²) in [5, 5.41) is 9.28. The molecule has 2 aromatic rings. The summed E-state index contributed by atoms with van der Waals surface area (Å²) in [4.78, 5) is 24.7. The number of anilines is 1. The van der Waals surface area contributed by atoms with Crippen molar-refractivity contribution in [1.29, 1.82) is 0 Å². The van der Waals surface area contributed by atoms with E-state index in [1.165, 1.54) is 0 Å². The molecule has 1 fully saturated rings. The molecule has 0 aliphatic heterocycles. The molecule has 2 aromatic carbocycles. The highest BCUT2D eigenvalue weighted by Crippen LogP contribution is 2.44. The maximum absolute atomic E-state index is 12.9. The first-order valence-corrected chi connectivity index (χ1v) is 9.98. The van der Waals surface area contributed by atoms with E-state index >= 15 is 0 Å². The fourth-order valence-electron chi connectivity index (χ4n) is 3.45. The van der Waals surface area contributed by atoms with Crippen molar-refractivity contribution in [2.24, 2.45) is 0 Å². The SMILES string of the molecule is CC(C)NC(=O)Nc1ccc(CNC(=O)C2(c3cccc(Cl)c3)CCC2)cc1. The Labute approximate surface area is 170 Å². The highest BCUT2D eigenvalue weighted by atomic mass is 35.5. The van der Waals surface area contributed by atoms with Crippen LogP contribution in [0.5, 0.6) is 0 Å². The molecule has 0 bridgehead atoms. The summed E-state index contributed by atoms with van der Waals surface area (Å²) in [6, 6.07) is 14.9. The third-order valence-corrected chi connectivity index (χ3v) is 5.34. The van der Waals surface area contributed by atoms with E-state index in [1.54, 1.807) is 0 Å². The molecular weight excluding hydrogens is 374 g/mol. The van der Waals surface area contributed by atoms with E-state index in [0.29, 0.717) is 17.3 Å². The van der Waals surface area contributed by atoms with E-state index in [2.05, 4.69) is 16.0 Å². The van der Waals surface area contributed by atoms with Gasteiger partial charge in [0.15, 0.2) is 0 Å². The molecule has 0 aromatic heterocycles. The zero-order valence-corrected chi connectivity index (χ0v) is 17.0. The molecule has 0 radical (unpaired) electrons. The summed E-state index contributed by atoms with van der Waals surface area (Å²) in [5.74, 6) is 0.0412. The highest BCUT2D eigenvalue weighted by Gasteiger charge is 2.45. The molecule has 3 N–H and O–H groups in total. The Bertz CT molecular complexity index is 845. The van der Waals surface area contributed by atoms with Crippen LogP contribution in [0.4, 0.5) is 10.5 Å². The second kappa shape index (κ2) is 8.65. The number of rotatable bonds is 6. The van der Waals surface area contributed by atoms with Gasteiger partial charge in [-0.05, 0) is 62.1 Å². The van der Waals surface area contributed by atoms with Crippen LogP contribution < -0.4 is 16.0 Å². The summed E-state index contributed by atoms with van der Waals surface area (Å²) in [6.45, 7) is 4.26. The Morgan fingerprint density at radius 1 is 1.11 bits per heavy atom. The number of carbonyl (C=O) groups is 2. The largest absolute Gasteiger partial charge is 0.351 e. The molecule has 5 nitrogen and oxygen atoms in total. The number of hydrogen-bond donors (Lipinski definition) is 3. The first-order chi connectivity index (χ1) is 13.4. The Balaban J connectivity index is 1.59. The van der Waals surface area contributed by atoms with Crippen LogP contribution in [0.3, 0.4) is 0 Å². The summed E-state index contributed by atoms with van der Waals surface area (Å²) in [5.41, 5.74) is 2.20. The molecule has 148 valence electrons. The molecule has 0 atom stereocenters. The Morgan fingerprint density at radius 3 is 2.39 bits per heavy atom. The number of hydrogen-bond acceptors (Lipinski definition) is 2. The van der Waals surface area contributed by atoms with E-state index in [4.69, 9.17) is 11.6 Å². The summed E-state index contributed by atoms with van der Waals surface area (Å²) < 4.78 is 0. The number of carbonyl (C=O) groups excluding carboxylic acids is 2. The van der Waals surface area contributed by atoms with Crippen molar-refractivity contribution < 1.29 is 9.59 Å². The second-order valence-corrected chi connectivity index (χ2v) is 8.02. The maximum atomic E-state index is 12.9. The number of benzene rings is 2.